The summed E-state index contributed by atoms with van der Waals surface area (Å²) in [5, 5.41) is 9.82. The second-order valence-corrected chi connectivity index (χ2v) is 4.80. The lowest BCUT2D eigenvalue weighted by Crippen LogP contribution is -2.12. The van der Waals surface area contributed by atoms with Gasteiger partial charge in [-0.3, -0.25) is 0 Å². The van der Waals surface area contributed by atoms with Gasteiger partial charge < -0.3 is 4.90 Å². The molecule has 4 heteroatoms. The molecule has 0 spiro atoms. The van der Waals surface area contributed by atoms with Gasteiger partial charge in [-0.05, 0) is 35.9 Å². The van der Waals surface area contributed by atoms with E-state index >= 15 is 0 Å². The van der Waals surface area contributed by atoms with Crippen LogP contribution >= 0.6 is 23.2 Å². The maximum absolute atomic E-state index is 9.16. The molecule has 0 fully saturated rings. The van der Waals surface area contributed by atoms with E-state index in [1.165, 1.54) is 0 Å². The molecule has 2 aromatic rings. The second kappa shape index (κ2) is 5.97. The van der Waals surface area contributed by atoms with Gasteiger partial charge in [0.25, 0.3) is 0 Å². The van der Waals surface area contributed by atoms with Gasteiger partial charge in [0.05, 0.1) is 11.3 Å². The Kier molecular flexibility index (Phi) is 4.31. The van der Waals surface area contributed by atoms with Crippen LogP contribution in [-0.4, -0.2) is 7.05 Å². The third-order valence-electron chi connectivity index (χ3n) is 2.93. The van der Waals surface area contributed by atoms with Gasteiger partial charge in [-0.25, -0.2) is 0 Å². The molecule has 2 nitrogen and oxygen atoms in total. The molecular weight excluding hydrogens is 279 g/mol. The number of nitrogens with zero attached hydrogens (tertiary/aromatic N) is 2. The van der Waals surface area contributed by atoms with E-state index in [0.29, 0.717) is 16.5 Å². The van der Waals surface area contributed by atoms with Gasteiger partial charge in [-0.15, -0.1) is 11.6 Å². The van der Waals surface area contributed by atoms with Crippen LogP contribution in [0.1, 0.15) is 11.1 Å². The van der Waals surface area contributed by atoms with Crippen molar-refractivity contribution in [3.63, 3.8) is 0 Å². The maximum Gasteiger partial charge on any atom is 0.101 e. The molecule has 0 aliphatic rings. The number of rotatable bonds is 3. The predicted molar refractivity (Wildman–Crippen MR) is 80.2 cm³/mol. The Labute approximate surface area is 122 Å². The van der Waals surface area contributed by atoms with Gasteiger partial charge >= 0.3 is 0 Å². The van der Waals surface area contributed by atoms with E-state index in [2.05, 4.69) is 6.07 Å². The zero-order valence-corrected chi connectivity index (χ0v) is 11.9. The molecule has 2 aromatic carbocycles. The summed E-state index contributed by atoms with van der Waals surface area (Å²) in [4.78, 5) is 1.95. The van der Waals surface area contributed by atoms with Crippen molar-refractivity contribution in [2.24, 2.45) is 0 Å². The molecule has 0 aliphatic heterocycles. The average Bonchev–Trinajstić information content (AvgIpc) is 2.46. The summed E-state index contributed by atoms with van der Waals surface area (Å²) in [6.45, 7) is 0. The third kappa shape index (κ3) is 2.84. The number of benzene rings is 2. The van der Waals surface area contributed by atoms with Crippen LogP contribution in [-0.2, 0) is 5.88 Å². The molecule has 0 radical (unpaired) electrons. The van der Waals surface area contributed by atoms with Crippen molar-refractivity contribution in [1.29, 1.82) is 5.26 Å². The smallest absolute Gasteiger partial charge is 0.101 e. The van der Waals surface area contributed by atoms with E-state index in [9.17, 15) is 0 Å². The highest BCUT2D eigenvalue weighted by molar-refractivity contribution is 6.30. The molecule has 0 aliphatic carbocycles. The fraction of sp³-hybridized carbons (Fsp3) is 0.133. The van der Waals surface area contributed by atoms with E-state index in [1.807, 2.05) is 48.3 Å². The SMILES string of the molecule is CN(c1ccccc1C#N)c1ccc(Cl)cc1CCl. The van der Waals surface area contributed by atoms with E-state index in [1.54, 1.807) is 6.07 Å². The van der Waals surface area contributed by atoms with Crippen LogP contribution in [0.5, 0.6) is 0 Å². The molecule has 0 saturated carbocycles. The second-order valence-electron chi connectivity index (χ2n) is 4.09. The summed E-state index contributed by atoms with van der Waals surface area (Å²) in [5.41, 5.74) is 3.35. The first-order valence-corrected chi connectivity index (χ1v) is 6.66. The largest absolute Gasteiger partial charge is 0.343 e. The van der Waals surface area contributed by atoms with Crippen molar-refractivity contribution < 1.29 is 0 Å². The molecular formula is C15H12Cl2N2. The van der Waals surface area contributed by atoms with Gasteiger partial charge in [-0.1, -0.05) is 23.7 Å². The van der Waals surface area contributed by atoms with Crippen LogP contribution in [0.3, 0.4) is 0 Å². The van der Waals surface area contributed by atoms with Gasteiger partial charge in [0.1, 0.15) is 6.07 Å². The monoisotopic (exact) mass is 290 g/mol. The van der Waals surface area contributed by atoms with E-state index in [-0.39, 0.29) is 0 Å². The quantitative estimate of drug-likeness (QED) is 0.765. The van der Waals surface area contributed by atoms with Crippen LogP contribution < -0.4 is 4.90 Å². The summed E-state index contributed by atoms with van der Waals surface area (Å²) in [7, 11) is 1.91. The molecule has 0 amide bonds. The molecule has 2 rings (SSSR count). The summed E-state index contributed by atoms with van der Waals surface area (Å²) in [6.07, 6.45) is 0. The van der Waals surface area contributed by atoms with Crippen LogP contribution in [0.15, 0.2) is 42.5 Å². The first-order valence-electron chi connectivity index (χ1n) is 5.74. The number of anilines is 2. The van der Waals surface area contributed by atoms with E-state index in [0.717, 1.165) is 16.9 Å². The number of halogens is 2. The molecule has 96 valence electrons. The first kappa shape index (κ1) is 13.7. The Balaban J connectivity index is 2.50. The van der Waals surface area contributed by atoms with Crippen molar-refractivity contribution in [3.05, 3.63) is 58.6 Å². The minimum atomic E-state index is 0.370. The van der Waals surface area contributed by atoms with Crippen LogP contribution in [0, 0.1) is 11.3 Å². The van der Waals surface area contributed by atoms with Crippen molar-refractivity contribution in [3.8, 4) is 6.07 Å². The fourth-order valence-electron chi connectivity index (χ4n) is 1.98. The molecule has 19 heavy (non-hydrogen) atoms. The molecule has 0 atom stereocenters. The molecule has 0 unspecified atom stereocenters. The van der Waals surface area contributed by atoms with Crippen molar-refractivity contribution in [2.75, 3.05) is 11.9 Å². The highest BCUT2D eigenvalue weighted by Crippen LogP contribution is 2.31. The van der Waals surface area contributed by atoms with Crippen molar-refractivity contribution >= 4 is 34.6 Å². The molecule has 0 bridgehead atoms. The first-order chi connectivity index (χ1) is 9.17. The Morgan fingerprint density at radius 1 is 1.16 bits per heavy atom. The summed E-state index contributed by atoms with van der Waals surface area (Å²) in [6, 6.07) is 15.2. The van der Waals surface area contributed by atoms with Crippen molar-refractivity contribution in [2.45, 2.75) is 5.88 Å². The van der Waals surface area contributed by atoms with E-state index in [4.69, 9.17) is 28.5 Å². The molecule has 0 heterocycles. The van der Waals surface area contributed by atoms with E-state index < -0.39 is 0 Å². The molecule has 0 N–H and O–H groups in total. The lowest BCUT2D eigenvalue weighted by molar-refractivity contribution is 1.17. The number of para-hydroxylation sites is 1. The number of hydrogen-bond donors (Lipinski definition) is 0. The highest BCUT2D eigenvalue weighted by atomic mass is 35.5. The average molecular weight is 291 g/mol. The zero-order chi connectivity index (χ0) is 13.8. The van der Waals surface area contributed by atoms with Crippen molar-refractivity contribution in [1.82, 2.24) is 0 Å². The highest BCUT2D eigenvalue weighted by Gasteiger charge is 2.12. The number of hydrogen-bond acceptors (Lipinski definition) is 2. The fourth-order valence-corrected chi connectivity index (χ4v) is 2.39. The topological polar surface area (TPSA) is 27.0 Å². The maximum atomic E-state index is 9.16. The lowest BCUT2D eigenvalue weighted by Gasteiger charge is -2.23. The van der Waals surface area contributed by atoms with Gasteiger partial charge in [0.15, 0.2) is 0 Å². The Morgan fingerprint density at radius 3 is 2.58 bits per heavy atom. The zero-order valence-electron chi connectivity index (χ0n) is 10.4. The molecule has 0 aromatic heterocycles. The Bertz CT molecular complexity index is 632. The van der Waals surface area contributed by atoms with Crippen LogP contribution in [0.2, 0.25) is 5.02 Å². The lowest BCUT2D eigenvalue weighted by atomic mass is 10.1. The predicted octanol–water partition coefficient (Wildman–Crippen LogP) is 4.72. The summed E-state index contributed by atoms with van der Waals surface area (Å²) in [5.74, 6) is 0.370. The van der Waals surface area contributed by atoms with Crippen LogP contribution in [0.4, 0.5) is 11.4 Å². The van der Waals surface area contributed by atoms with Gasteiger partial charge in [0, 0.05) is 23.6 Å². The number of alkyl halides is 1. The molecule has 0 saturated heterocycles. The number of nitriles is 1. The standard InChI is InChI=1S/C15H12Cl2N2/c1-19(14-5-3-2-4-11(14)10-18)15-7-6-13(17)8-12(15)9-16/h2-8H,9H2,1H3. The van der Waals surface area contributed by atoms with Gasteiger partial charge in [0.2, 0.25) is 0 Å². The normalized spacial score (nSPS) is 10.0. The minimum absolute atomic E-state index is 0.370. The minimum Gasteiger partial charge on any atom is -0.343 e. The Hall–Kier alpha value is -1.69. The Morgan fingerprint density at radius 2 is 1.89 bits per heavy atom. The van der Waals surface area contributed by atoms with Crippen LogP contribution in [0.25, 0.3) is 0 Å². The third-order valence-corrected chi connectivity index (χ3v) is 3.46. The summed E-state index contributed by atoms with van der Waals surface area (Å²) < 4.78 is 0. The summed E-state index contributed by atoms with van der Waals surface area (Å²) >= 11 is 11.9. The van der Waals surface area contributed by atoms with Gasteiger partial charge in [-0.2, -0.15) is 5.26 Å².